The number of hydrogen-bond acceptors (Lipinski definition) is 7. The maximum Gasteiger partial charge on any atom is 0.257 e. The smallest absolute Gasteiger partial charge is 0.257 e. The number of fused-ring (bicyclic) bond motifs is 1. The van der Waals surface area contributed by atoms with Crippen LogP contribution in [0, 0.1) is 0 Å². The number of rotatable bonds is 5. The number of ether oxygens (including phenoxy) is 4. The Balaban J connectivity index is 1.42. The van der Waals surface area contributed by atoms with Gasteiger partial charge in [0.2, 0.25) is 6.79 Å². The van der Waals surface area contributed by atoms with Crippen molar-refractivity contribution in [2.45, 2.75) is 38.5 Å². The minimum absolute atomic E-state index is 0.0255. The van der Waals surface area contributed by atoms with Gasteiger partial charge in [0.05, 0.1) is 37.6 Å². The molecule has 5 rings (SSSR count). The first-order valence-corrected chi connectivity index (χ1v) is 11.3. The van der Waals surface area contributed by atoms with E-state index in [9.17, 15) is 4.79 Å². The Labute approximate surface area is 193 Å². The van der Waals surface area contributed by atoms with Crippen molar-refractivity contribution in [1.29, 1.82) is 0 Å². The number of hydrazone groups is 1. The third-order valence-electron chi connectivity index (χ3n) is 6.22. The minimum atomic E-state index is -0.208. The van der Waals surface area contributed by atoms with Gasteiger partial charge in [-0.15, -0.1) is 0 Å². The van der Waals surface area contributed by atoms with E-state index in [2.05, 4.69) is 4.90 Å². The number of amides is 1. The van der Waals surface area contributed by atoms with Gasteiger partial charge >= 0.3 is 0 Å². The molecule has 3 heterocycles. The molecule has 0 radical (unpaired) electrons. The normalized spacial score (nSPS) is 24.6. The van der Waals surface area contributed by atoms with Crippen molar-refractivity contribution in [3.8, 4) is 17.2 Å². The first-order chi connectivity index (χ1) is 16.0. The second-order valence-corrected chi connectivity index (χ2v) is 8.80. The highest BCUT2D eigenvalue weighted by atomic mass is 16.7. The summed E-state index contributed by atoms with van der Waals surface area (Å²) < 4.78 is 22.1. The van der Waals surface area contributed by atoms with Crippen molar-refractivity contribution < 1.29 is 23.7 Å². The summed E-state index contributed by atoms with van der Waals surface area (Å²) in [6.07, 6.45) is 0.819. The monoisotopic (exact) mass is 451 g/mol. The molecule has 33 heavy (non-hydrogen) atoms. The number of methoxy groups -OCH3 is 1. The number of hydrogen-bond donors (Lipinski definition) is 0. The fourth-order valence-electron chi connectivity index (χ4n) is 4.76. The molecule has 8 nitrogen and oxygen atoms in total. The lowest BCUT2D eigenvalue weighted by molar-refractivity contribution is -0.137. The van der Waals surface area contributed by atoms with Crippen molar-refractivity contribution >= 4 is 11.6 Å². The van der Waals surface area contributed by atoms with Crippen LogP contribution in [0.3, 0.4) is 0 Å². The number of morpholine rings is 1. The predicted octanol–water partition coefficient (Wildman–Crippen LogP) is 3.21. The van der Waals surface area contributed by atoms with Crippen LogP contribution in [-0.4, -0.2) is 67.3 Å². The van der Waals surface area contributed by atoms with Gasteiger partial charge in [-0.3, -0.25) is 9.69 Å². The fourth-order valence-corrected chi connectivity index (χ4v) is 4.76. The zero-order chi connectivity index (χ0) is 22.9. The van der Waals surface area contributed by atoms with E-state index >= 15 is 0 Å². The van der Waals surface area contributed by atoms with Crippen LogP contribution < -0.4 is 14.2 Å². The van der Waals surface area contributed by atoms with Crippen molar-refractivity contribution in [2.24, 2.45) is 5.10 Å². The molecule has 0 aliphatic carbocycles. The van der Waals surface area contributed by atoms with Gasteiger partial charge in [0.1, 0.15) is 5.75 Å². The SMILES string of the molecule is COc1ccc(C2=NN(C(=O)CN3CC(C)OC(C)C3)C(c3ccc4c(c3)OCO4)C2)cc1. The van der Waals surface area contributed by atoms with E-state index in [0.29, 0.717) is 18.7 Å². The highest BCUT2D eigenvalue weighted by Gasteiger charge is 2.35. The molecule has 3 aliphatic rings. The van der Waals surface area contributed by atoms with Gasteiger partial charge in [0, 0.05) is 19.5 Å². The van der Waals surface area contributed by atoms with Crippen LogP contribution in [0.25, 0.3) is 0 Å². The van der Waals surface area contributed by atoms with E-state index in [1.807, 2.05) is 56.3 Å². The van der Waals surface area contributed by atoms with Gasteiger partial charge in [-0.1, -0.05) is 6.07 Å². The largest absolute Gasteiger partial charge is 0.497 e. The third-order valence-corrected chi connectivity index (χ3v) is 6.22. The zero-order valence-electron chi connectivity index (χ0n) is 19.2. The van der Waals surface area contributed by atoms with Crippen LogP contribution in [0.15, 0.2) is 47.6 Å². The van der Waals surface area contributed by atoms with Crippen LogP contribution in [-0.2, 0) is 9.53 Å². The summed E-state index contributed by atoms with van der Waals surface area (Å²) in [7, 11) is 1.64. The Bertz CT molecular complexity index is 1040. The second kappa shape index (κ2) is 9.03. The molecular formula is C25H29N3O5. The molecular weight excluding hydrogens is 422 g/mol. The Hall–Kier alpha value is -3.10. The maximum absolute atomic E-state index is 13.5. The molecule has 2 aromatic carbocycles. The summed E-state index contributed by atoms with van der Waals surface area (Å²) in [5.74, 6) is 2.19. The first kappa shape index (κ1) is 21.7. The lowest BCUT2D eigenvalue weighted by atomic mass is 9.98. The van der Waals surface area contributed by atoms with E-state index < -0.39 is 0 Å². The van der Waals surface area contributed by atoms with Gasteiger partial charge in [0.15, 0.2) is 11.5 Å². The molecule has 0 aromatic heterocycles. The van der Waals surface area contributed by atoms with Crippen LogP contribution in [0.4, 0.5) is 0 Å². The quantitative estimate of drug-likeness (QED) is 0.695. The third kappa shape index (κ3) is 4.54. The van der Waals surface area contributed by atoms with Crippen LogP contribution in [0.5, 0.6) is 17.2 Å². The van der Waals surface area contributed by atoms with Gasteiger partial charge in [-0.05, 0) is 61.4 Å². The average molecular weight is 452 g/mol. The Morgan fingerprint density at radius 2 is 1.79 bits per heavy atom. The molecule has 0 N–H and O–H groups in total. The Morgan fingerprint density at radius 1 is 1.06 bits per heavy atom. The van der Waals surface area contributed by atoms with Gasteiger partial charge in [-0.25, -0.2) is 5.01 Å². The first-order valence-electron chi connectivity index (χ1n) is 11.3. The molecule has 1 saturated heterocycles. The Kier molecular flexibility index (Phi) is 5.95. The van der Waals surface area contributed by atoms with Gasteiger partial charge < -0.3 is 18.9 Å². The summed E-state index contributed by atoms with van der Waals surface area (Å²) >= 11 is 0. The lowest BCUT2D eigenvalue weighted by Gasteiger charge is -2.35. The maximum atomic E-state index is 13.5. The molecule has 1 amide bonds. The minimum Gasteiger partial charge on any atom is -0.497 e. The molecule has 8 heteroatoms. The van der Waals surface area contributed by atoms with Crippen molar-refractivity contribution in [3.63, 3.8) is 0 Å². The van der Waals surface area contributed by atoms with E-state index in [1.54, 1.807) is 12.1 Å². The van der Waals surface area contributed by atoms with E-state index in [4.69, 9.17) is 24.0 Å². The fraction of sp³-hybridized carbons (Fsp3) is 0.440. The molecule has 0 bridgehead atoms. The highest BCUT2D eigenvalue weighted by Crippen LogP contribution is 2.39. The second-order valence-electron chi connectivity index (χ2n) is 8.80. The molecule has 3 atom stereocenters. The standard InChI is InChI=1S/C25H29N3O5/c1-16-12-27(13-17(2)33-16)14-25(29)28-22(19-6-9-23-24(10-19)32-15-31-23)11-21(26-28)18-4-7-20(30-3)8-5-18/h4-10,16-17,22H,11-15H2,1-3H3. The summed E-state index contributed by atoms with van der Waals surface area (Å²) in [4.78, 5) is 15.6. The number of nitrogens with zero attached hydrogens (tertiary/aromatic N) is 3. The van der Waals surface area contributed by atoms with Crippen molar-refractivity contribution in [3.05, 3.63) is 53.6 Å². The highest BCUT2D eigenvalue weighted by molar-refractivity contribution is 6.03. The van der Waals surface area contributed by atoms with Gasteiger partial charge in [-0.2, -0.15) is 5.10 Å². The number of carbonyl (C=O) groups is 1. The molecule has 3 aliphatic heterocycles. The molecule has 2 aromatic rings. The lowest BCUT2D eigenvalue weighted by Crippen LogP contribution is -2.49. The van der Waals surface area contributed by atoms with Gasteiger partial charge in [0.25, 0.3) is 5.91 Å². The average Bonchev–Trinajstić information content (AvgIpc) is 3.45. The number of carbonyl (C=O) groups excluding carboxylic acids is 1. The van der Waals surface area contributed by atoms with E-state index in [-0.39, 0.29) is 30.9 Å². The van der Waals surface area contributed by atoms with Crippen LogP contribution >= 0.6 is 0 Å². The zero-order valence-corrected chi connectivity index (χ0v) is 19.2. The van der Waals surface area contributed by atoms with E-state index in [1.165, 1.54) is 0 Å². The van der Waals surface area contributed by atoms with Crippen molar-refractivity contribution in [2.75, 3.05) is 33.5 Å². The summed E-state index contributed by atoms with van der Waals surface area (Å²) in [5.41, 5.74) is 2.83. The predicted molar refractivity (Wildman–Crippen MR) is 123 cm³/mol. The molecule has 0 spiro atoms. The Morgan fingerprint density at radius 3 is 2.52 bits per heavy atom. The van der Waals surface area contributed by atoms with Crippen molar-refractivity contribution in [1.82, 2.24) is 9.91 Å². The number of benzene rings is 2. The van der Waals surface area contributed by atoms with Crippen LogP contribution in [0.1, 0.15) is 37.4 Å². The molecule has 3 unspecified atom stereocenters. The molecule has 1 fully saturated rings. The topological polar surface area (TPSA) is 72.8 Å². The molecule has 174 valence electrons. The summed E-state index contributed by atoms with van der Waals surface area (Å²) in [5, 5.41) is 6.44. The summed E-state index contributed by atoms with van der Waals surface area (Å²) in [6, 6.07) is 13.4. The summed E-state index contributed by atoms with van der Waals surface area (Å²) in [6.45, 7) is 6.06. The van der Waals surface area contributed by atoms with E-state index in [0.717, 1.165) is 41.4 Å². The van der Waals surface area contributed by atoms with Crippen LogP contribution in [0.2, 0.25) is 0 Å². The molecule has 0 saturated carbocycles.